The lowest BCUT2D eigenvalue weighted by atomic mass is 10.00. The average Bonchev–Trinajstić information content (AvgIpc) is 3.18. The Morgan fingerprint density at radius 2 is 1.80 bits per heavy atom. The molecule has 0 aliphatic heterocycles. The Bertz CT molecular complexity index is 1430. The Kier molecular flexibility index (Phi) is 6.29. The first-order chi connectivity index (χ1) is 16.5. The zero-order valence-electron chi connectivity index (χ0n) is 19.0. The molecule has 2 aromatic carbocycles. The highest BCUT2D eigenvalue weighted by Gasteiger charge is 2.34. The van der Waals surface area contributed by atoms with Gasteiger partial charge in [-0.3, -0.25) is 9.59 Å². The van der Waals surface area contributed by atoms with Crippen LogP contribution < -0.4 is 10.6 Å². The lowest BCUT2D eigenvalue weighted by molar-refractivity contribution is -0.137. The third-order valence-corrected chi connectivity index (χ3v) is 5.42. The standard InChI is InChI=1S/C25H21F3N4O3/c1-13(16-7-6-8-17(11-16)30-15(3)33)29-23(34)19-12-21(31-24-22(19)14(2)32-35-24)18-9-4-5-10-20(18)25(26,27)28/h4-13H,1-3H3,(H,29,34)(H,30,33). The molecule has 0 fully saturated rings. The number of pyridine rings is 1. The molecule has 0 radical (unpaired) electrons. The Labute approximate surface area is 198 Å². The number of hydrogen-bond acceptors (Lipinski definition) is 5. The average molecular weight is 482 g/mol. The van der Waals surface area contributed by atoms with Gasteiger partial charge in [0.1, 0.15) is 0 Å². The fourth-order valence-corrected chi connectivity index (χ4v) is 3.81. The van der Waals surface area contributed by atoms with Crippen LogP contribution in [0.5, 0.6) is 0 Å². The van der Waals surface area contributed by atoms with Gasteiger partial charge >= 0.3 is 6.18 Å². The number of carbonyl (C=O) groups excluding carboxylic acids is 2. The summed E-state index contributed by atoms with van der Waals surface area (Å²) in [6.07, 6.45) is -4.61. The van der Waals surface area contributed by atoms with E-state index in [1.165, 1.54) is 31.2 Å². The normalized spacial score (nSPS) is 12.4. The van der Waals surface area contributed by atoms with Crippen LogP contribution >= 0.6 is 0 Å². The molecule has 2 heterocycles. The molecule has 0 aliphatic carbocycles. The Morgan fingerprint density at radius 3 is 2.51 bits per heavy atom. The van der Waals surface area contributed by atoms with Crippen LogP contribution in [0.2, 0.25) is 0 Å². The van der Waals surface area contributed by atoms with Crippen molar-refractivity contribution in [3.8, 4) is 11.3 Å². The molecule has 2 amide bonds. The van der Waals surface area contributed by atoms with E-state index in [2.05, 4.69) is 20.8 Å². The number of alkyl halides is 3. The monoisotopic (exact) mass is 482 g/mol. The summed E-state index contributed by atoms with van der Waals surface area (Å²) in [6.45, 7) is 4.76. The van der Waals surface area contributed by atoms with Crippen molar-refractivity contribution in [1.82, 2.24) is 15.5 Å². The maximum Gasteiger partial charge on any atom is 0.417 e. The minimum absolute atomic E-state index is 0.0394. The first-order valence-electron chi connectivity index (χ1n) is 10.7. The molecule has 180 valence electrons. The van der Waals surface area contributed by atoms with Crippen LogP contribution in [0.3, 0.4) is 0 Å². The number of halogens is 3. The lowest BCUT2D eigenvalue weighted by Crippen LogP contribution is -2.27. The molecule has 0 aliphatic rings. The van der Waals surface area contributed by atoms with Crippen LogP contribution in [0, 0.1) is 6.92 Å². The van der Waals surface area contributed by atoms with Crippen LogP contribution in [-0.4, -0.2) is 22.0 Å². The number of nitrogens with one attached hydrogen (secondary N) is 2. The van der Waals surface area contributed by atoms with Crippen molar-refractivity contribution < 1.29 is 27.3 Å². The first-order valence-corrected chi connectivity index (χ1v) is 10.7. The number of hydrogen-bond donors (Lipinski definition) is 2. The van der Waals surface area contributed by atoms with Crippen molar-refractivity contribution in [2.75, 3.05) is 5.32 Å². The number of anilines is 1. The van der Waals surface area contributed by atoms with Crippen molar-refractivity contribution in [3.05, 3.63) is 77.0 Å². The summed E-state index contributed by atoms with van der Waals surface area (Å²) in [5.41, 5.74) is 0.607. The number of benzene rings is 2. The van der Waals surface area contributed by atoms with Crippen molar-refractivity contribution in [1.29, 1.82) is 0 Å². The summed E-state index contributed by atoms with van der Waals surface area (Å²) >= 11 is 0. The molecule has 10 heteroatoms. The topological polar surface area (TPSA) is 97.1 Å². The highest BCUT2D eigenvalue weighted by molar-refractivity contribution is 6.07. The minimum atomic E-state index is -4.61. The molecule has 4 rings (SSSR count). The number of amides is 2. The Balaban J connectivity index is 1.74. The quantitative estimate of drug-likeness (QED) is 0.382. The molecule has 0 spiro atoms. The second kappa shape index (κ2) is 9.21. The molecular weight excluding hydrogens is 461 g/mol. The first kappa shape index (κ1) is 23.9. The van der Waals surface area contributed by atoms with Gasteiger partial charge in [0.2, 0.25) is 5.91 Å². The molecule has 0 bridgehead atoms. The smallest absolute Gasteiger partial charge is 0.345 e. The lowest BCUT2D eigenvalue weighted by Gasteiger charge is -2.17. The van der Waals surface area contributed by atoms with Gasteiger partial charge in [0.05, 0.1) is 33.9 Å². The molecule has 0 saturated heterocycles. The predicted octanol–water partition coefficient (Wildman–Crippen LogP) is 5.67. The van der Waals surface area contributed by atoms with Crippen molar-refractivity contribution >= 4 is 28.6 Å². The molecule has 4 aromatic rings. The maximum atomic E-state index is 13.6. The summed E-state index contributed by atoms with van der Waals surface area (Å²) in [4.78, 5) is 28.9. The summed E-state index contributed by atoms with van der Waals surface area (Å²) in [6, 6.07) is 12.8. The molecule has 2 N–H and O–H groups in total. The minimum Gasteiger partial charge on any atom is -0.345 e. The Hall–Kier alpha value is -4.21. The fraction of sp³-hybridized carbons (Fsp3) is 0.200. The van der Waals surface area contributed by atoms with Gasteiger partial charge < -0.3 is 15.2 Å². The molecule has 7 nitrogen and oxygen atoms in total. The van der Waals surface area contributed by atoms with Crippen LogP contribution in [-0.2, 0) is 11.0 Å². The number of aromatic nitrogens is 2. The van der Waals surface area contributed by atoms with Gasteiger partial charge in [0.15, 0.2) is 0 Å². The highest BCUT2D eigenvalue weighted by Crippen LogP contribution is 2.37. The van der Waals surface area contributed by atoms with E-state index in [1.54, 1.807) is 38.1 Å². The number of nitrogens with zero attached hydrogens (tertiary/aromatic N) is 2. The van der Waals surface area contributed by atoms with Crippen molar-refractivity contribution in [3.63, 3.8) is 0 Å². The third kappa shape index (κ3) is 5.01. The van der Waals surface area contributed by atoms with E-state index >= 15 is 0 Å². The zero-order valence-corrected chi connectivity index (χ0v) is 19.0. The van der Waals surface area contributed by atoms with Crippen molar-refractivity contribution in [2.45, 2.75) is 33.0 Å². The fourth-order valence-electron chi connectivity index (χ4n) is 3.81. The SMILES string of the molecule is CC(=O)Nc1cccc(C(C)NC(=O)c2cc(-c3ccccc3C(F)(F)F)nc3onc(C)c23)c1. The van der Waals surface area contributed by atoms with Gasteiger partial charge in [-0.05, 0) is 43.7 Å². The Morgan fingerprint density at radius 1 is 1.06 bits per heavy atom. The van der Waals surface area contributed by atoms with E-state index in [9.17, 15) is 22.8 Å². The van der Waals surface area contributed by atoms with E-state index in [1.807, 2.05) is 0 Å². The largest absolute Gasteiger partial charge is 0.417 e. The van der Waals surface area contributed by atoms with E-state index in [-0.39, 0.29) is 28.4 Å². The van der Waals surface area contributed by atoms with Gasteiger partial charge in [-0.1, -0.05) is 35.5 Å². The summed E-state index contributed by atoms with van der Waals surface area (Å²) in [5.74, 6) is -0.764. The third-order valence-electron chi connectivity index (χ3n) is 5.42. The molecule has 1 unspecified atom stereocenters. The second-order valence-electron chi connectivity index (χ2n) is 8.05. The van der Waals surface area contributed by atoms with Crippen LogP contribution in [0.25, 0.3) is 22.4 Å². The van der Waals surface area contributed by atoms with Crippen molar-refractivity contribution in [2.24, 2.45) is 0 Å². The highest BCUT2D eigenvalue weighted by atomic mass is 19.4. The molecule has 1 atom stereocenters. The molecular formula is C25H21F3N4O3. The van der Waals surface area contributed by atoms with Gasteiger partial charge in [-0.25, -0.2) is 4.98 Å². The van der Waals surface area contributed by atoms with Crippen LogP contribution in [0.15, 0.2) is 59.1 Å². The van der Waals surface area contributed by atoms with Gasteiger partial charge in [0.25, 0.3) is 11.6 Å². The van der Waals surface area contributed by atoms with E-state index in [0.29, 0.717) is 16.8 Å². The van der Waals surface area contributed by atoms with Crippen LogP contribution in [0.4, 0.5) is 18.9 Å². The van der Waals surface area contributed by atoms with Gasteiger partial charge in [0, 0.05) is 18.2 Å². The summed E-state index contributed by atoms with van der Waals surface area (Å²) in [7, 11) is 0. The molecule has 35 heavy (non-hydrogen) atoms. The summed E-state index contributed by atoms with van der Waals surface area (Å²) < 4.78 is 46.0. The van der Waals surface area contributed by atoms with Gasteiger partial charge in [-0.2, -0.15) is 13.2 Å². The van der Waals surface area contributed by atoms with E-state index < -0.39 is 23.7 Å². The predicted molar refractivity (Wildman–Crippen MR) is 124 cm³/mol. The molecule has 0 saturated carbocycles. The summed E-state index contributed by atoms with van der Waals surface area (Å²) in [5, 5.41) is 9.69. The zero-order chi connectivity index (χ0) is 25.3. The maximum absolute atomic E-state index is 13.6. The number of rotatable bonds is 5. The second-order valence-corrected chi connectivity index (χ2v) is 8.05. The van der Waals surface area contributed by atoms with Gasteiger partial charge in [-0.15, -0.1) is 0 Å². The molecule has 2 aromatic heterocycles. The van der Waals surface area contributed by atoms with E-state index in [0.717, 1.165) is 11.6 Å². The number of carbonyl (C=O) groups is 2. The van der Waals surface area contributed by atoms with E-state index in [4.69, 9.17) is 4.52 Å². The number of fused-ring (bicyclic) bond motifs is 1. The van der Waals surface area contributed by atoms with Crippen LogP contribution in [0.1, 0.15) is 47.1 Å². The number of aryl methyl sites for hydroxylation is 1.